The van der Waals surface area contributed by atoms with Crippen molar-refractivity contribution in [3.8, 4) is 0 Å². The van der Waals surface area contributed by atoms with Gasteiger partial charge in [-0.3, -0.25) is 0 Å². The van der Waals surface area contributed by atoms with Crippen LogP contribution < -0.4 is 4.68 Å². The van der Waals surface area contributed by atoms with E-state index in [-0.39, 0.29) is 0 Å². The third-order valence-corrected chi connectivity index (χ3v) is 1.78. The molecule has 0 N–H and O–H groups in total. The van der Waals surface area contributed by atoms with Gasteiger partial charge in [-0.2, -0.15) is 0 Å². The summed E-state index contributed by atoms with van der Waals surface area (Å²) in [7, 11) is 1.95. The average Bonchev–Trinajstić information content (AvgIpc) is 2.06. The van der Waals surface area contributed by atoms with Gasteiger partial charge in [0.2, 0.25) is 5.52 Å². The molecule has 0 aliphatic carbocycles. The minimum absolute atomic E-state index is 1.16. The van der Waals surface area contributed by atoms with Gasteiger partial charge >= 0.3 is 0 Å². The first-order valence-electron chi connectivity index (χ1n) is 3.58. The van der Waals surface area contributed by atoms with Crippen molar-refractivity contribution in [1.82, 2.24) is 5.10 Å². The van der Waals surface area contributed by atoms with Crippen LogP contribution >= 0.6 is 0 Å². The predicted octanol–water partition coefficient (Wildman–Crippen LogP) is 1.06. The molecule has 0 amide bonds. The lowest BCUT2D eigenvalue weighted by Crippen LogP contribution is -2.32. The molecule has 1 heterocycles. The van der Waals surface area contributed by atoms with Crippen molar-refractivity contribution in [3.63, 3.8) is 0 Å². The zero-order valence-electron chi connectivity index (χ0n) is 6.36. The first-order chi connectivity index (χ1) is 5.38. The molecule has 0 saturated carbocycles. The molecule has 0 aliphatic heterocycles. The molecule has 2 nitrogen and oxygen atoms in total. The molecule has 0 saturated heterocycles. The number of rotatable bonds is 0. The van der Waals surface area contributed by atoms with Gasteiger partial charge in [0.25, 0.3) is 0 Å². The number of hydrogen-bond acceptors (Lipinski definition) is 1. The first kappa shape index (κ1) is 6.28. The van der Waals surface area contributed by atoms with Crippen molar-refractivity contribution in [2.45, 2.75) is 0 Å². The van der Waals surface area contributed by atoms with E-state index in [1.54, 1.807) is 0 Å². The molecule has 0 spiro atoms. The van der Waals surface area contributed by atoms with E-state index in [4.69, 9.17) is 0 Å². The SMILES string of the molecule is C[n+]1nccc2ccccc21. The maximum absolute atomic E-state index is 4.12. The third-order valence-electron chi connectivity index (χ3n) is 1.78. The van der Waals surface area contributed by atoms with Gasteiger partial charge in [-0.25, -0.2) is 0 Å². The largest absolute Gasteiger partial charge is 0.238 e. The van der Waals surface area contributed by atoms with Gasteiger partial charge in [0.05, 0.1) is 11.6 Å². The fraction of sp³-hybridized carbons (Fsp3) is 0.111. The number of fused-ring (bicyclic) bond motifs is 1. The summed E-state index contributed by atoms with van der Waals surface area (Å²) in [5, 5.41) is 5.35. The Bertz CT molecular complexity index is 377. The van der Waals surface area contributed by atoms with Gasteiger partial charge in [0, 0.05) is 6.07 Å². The lowest BCUT2D eigenvalue weighted by Gasteiger charge is -1.90. The molecule has 0 aliphatic rings. The first-order valence-corrected chi connectivity index (χ1v) is 3.58. The summed E-state index contributed by atoms with van der Waals surface area (Å²) < 4.78 is 1.87. The molecule has 2 heteroatoms. The van der Waals surface area contributed by atoms with E-state index in [0.717, 1.165) is 5.52 Å². The minimum atomic E-state index is 1.16. The highest BCUT2D eigenvalue weighted by molar-refractivity contribution is 5.74. The highest BCUT2D eigenvalue weighted by Crippen LogP contribution is 2.05. The van der Waals surface area contributed by atoms with Crippen LogP contribution in [-0.2, 0) is 7.05 Å². The standard InChI is InChI=1S/C9H9N2/c1-11-9-5-3-2-4-8(9)6-7-10-11/h2-7H,1H3/q+1. The van der Waals surface area contributed by atoms with Crippen molar-refractivity contribution in [2.75, 3.05) is 0 Å². The number of aryl methyl sites for hydroxylation is 1. The summed E-state index contributed by atoms with van der Waals surface area (Å²) in [5.74, 6) is 0. The quantitative estimate of drug-likeness (QED) is 0.506. The summed E-state index contributed by atoms with van der Waals surface area (Å²) in [6.45, 7) is 0. The number of aromatic nitrogens is 2. The maximum atomic E-state index is 4.12. The Morgan fingerprint density at radius 2 is 2.00 bits per heavy atom. The number of benzene rings is 1. The second-order valence-electron chi connectivity index (χ2n) is 2.51. The lowest BCUT2D eigenvalue weighted by molar-refractivity contribution is -0.705. The van der Waals surface area contributed by atoms with Gasteiger partial charge < -0.3 is 0 Å². The Morgan fingerprint density at radius 3 is 2.82 bits per heavy atom. The zero-order chi connectivity index (χ0) is 7.68. The van der Waals surface area contributed by atoms with Crippen LogP contribution in [0.4, 0.5) is 0 Å². The summed E-state index contributed by atoms with van der Waals surface area (Å²) in [4.78, 5) is 0. The molecule has 11 heavy (non-hydrogen) atoms. The van der Waals surface area contributed by atoms with Crippen LogP contribution in [0.1, 0.15) is 0 Å². The van der Waals surface area contributed by atoms with Crippen molar-refractivity contribution >= 4 is 10.9 Å². The molecule has 1 aromatic heterocycles. The van der Waals surface area contributed by atoms with E-state index >= 15 is 0 Å². The van der Waals surface area contributed by atoms with Crippen molar-refractivity contribution < 1.29 is 4.68 Å². The molecule has 2 aromatic rings. The smallest absolute Gasteiger partial charge is 0.0865 e. The van der Waals surface area contributed by atoms with Crippen LogP contribution in [0.2, 0.25) is 0 Å². The Kier molecular flexibility index (Phi) is 1.32. The topological polar surface area (TPSA) is 16.8 Å². The second-order valence-corrected chi connectivity index (χ2v) is 2.51. The number of para-hydroxylation sites is 1. The summed E-state index contributed by atoms with van der Waals surface area (Å²) in [6, 6.07) is 10.2. The number of nitrogens with zero attached hydrogens (tertiary/aromatic N) is 2. The molecule has 0 atom stereocenters. The van der Waals surface area contributed by atoms with Crippen molar-refractivity contribution in [1.29, 1.82) is 0 Å². The van der Waals surface area contributed by atoms with Crippen LogP contribution in [0, 0.1) is 0 Å². The lowest BCUT2D eigenvalue weighted by atomic mass is 10.2. The Morgan fingerprint density at radius 1 is 1.18 bits per heavy atom. The third kappa shape index (κ3) is 0.963. The Hall–Kier alpha value is -1.44. The Balaban J connectivity index is 2.91. The van der Waals surface area contributed by atoms with Crippen LogP contribution in [-0.4, -0.2) is 5.10 Å². The van der Waals surface area contributed by atoms with E-state index < -0.39 is 0 Å². The molecule has 2 rings (SSSR count). The Labute approximate surface area is 65.1 Å². The zero-order valence-corrected chi connectivity index (χ0v) is 6.36. The van der Waals surface area contributed by atoms with E-state index in [0.29, 0.717) is 0 Å². The van der Waals surface area contributed by atoms with Crippen molar-refractivity contribution in [3.05, 3.63) is 36.5 Å². The summed E-state index contributed by atoms with van der Waals surface area (Å²) in [6.07, 6.45) is 1.81. The molecule has 0 bridgehead atoms. The van der Waals surface area contributed by atoms with E-state index in [1.807, 2.05) is 36.1 Å². The normalized spacial score (nSPS) is 10.3. The van der Waals surface area contributed by atoms with Crippen LogP contribution in [0.5, 0.6) is 0 Å². The van der Waals surface area contributed by atoms with Crippen LogP contribution in [0.15, 0.2) is 36.5 Å². The van der Waals surface area contributed by atoms with Gasteiger partial charge in [0.1, 0.15) is 0 Å². The predicted molar refractivity (Wildman–Crippen MR) is 42.9 cm³/mol. The molecular weight excluding hydrogens is 136 g/mol. The monoisotopic (exact) mass is 145 g/mol. The maximum Gasteiger partial charge on any atom is 0.238 e. The number of hydrogen-bond donors (Lipinski definition) is 0. The molecule has 0 fully saturated rings. The van der Waals surface area contributed by atoms with E-state index in [9.17, 15) is 0 Å². The second kappa shape index (κ2) is 2.31. The van der Waals surface area contributed by atoms with Crippen molar-refractivity contribution in [2.24, 2.45) is 7.05 Å². The van der Waals surface area contributed by atoms with Crippen LogP contribution in [0.25, 0.3) is 10.9 Å². The van der Waals surface area contributed by atoms with Gasteiger partial charge in [-0.05, 0) is 17.2 Å². The fourth-order valence-corrected chi connectivity index (χ4v) is 1.20. The summed E-state index contributed by atoms with van der Waals surface area (Å²) >= 11 is 0. The molecule has 54 valence electrons. The fourth-order valence-electron chi connectivity index (χ4n) is 1.20. The van der Waals surface area contributed by atoms with E-state index in [2.05, 4.69) is 17.2 Å². The highest BCUT2D eigenvalue weighted by Gasteiger charge is 2.01. The highest BCUT2D eigenvalue weighted by atomic mass is 15.2. The summed E-state index contributed by atoms with van der Waals surface area (Å²) in [5.41, 5.74) is 1.16. The van der Waals surface area contributed by atoms with Gasteiger partial charge in [0.15, 0.2) is 7.05 Å². The minimum Gasteiger partial charge on any atom is -0.0865 e. The molecular formula is C9H9N2+. The van der Waals surface area contributed by atoms with Crippen LogP contribution in [0.3, 0.4) is 0 Å². The van der Waals surface area contributed by atoms with Gasteiger partial charge in [-0.1, -0.05) is 16.8 Å². The van der Waals surface area contributed by atoms with Gasteiger partial charge in [-0.15, -0.1) is 0 Å². The molecule has 1 aromatic carbocycles. The molecule has 0 unspecified atom stereocenters. The van der Waals surface area contributed by atoms with E-state index in [1.165, 1.54) is 5.39 Å². The molecule has 0 radical (unpaired) electrons. The average molecular weight is 145 g/mol.